The number of aliphatic hydroxyl groups is 1. The van der Waals surface area contributed by atoms with Gasteiger partial charge in [0.15, 0.2) is 0 Å². The predicted octanol–water partition coefficient (Wildman–Crippen LogP) is 5.20. The van der Waals surface area contributed by atoms with E-state index in [1.165, 1.54) is 29.9 Å². The number of alkyl halides is 3. The Balaban J connectivity index is 2.06. The molecule has 0 aliphatic heterocycles. The molecule has 0 saturated heterocycles. The number of ether oxygens (including phenoxy) is 1. The fourth-order valence-electron chi connectivity index (χ4n) is 4.17. The Hall–Kier alpha value is -3.63. The molecule has 37 heavy (non-hydrogen) atoms. The van der Waals surface area contributed by atoms with Crippen LogP contribution in [0.5, 0.6) is 5.75 Å². The summed E-state index contributed by atoms with van der Waals surface area (Å²) in [6.07, 6.45) is -3.68. The first-order valence-electron chi connectivity index (χ1n) is 11.4. The number of aliphatic hydroxyl groups excluding tert-OH is 1. The van der Waals surface area contributed by atoms with Crippen molar-refractivity contribution in [1.82, 2.24) is 14.1 Å². The van der Waals surface area contributed by atoms with Crippen LogP contribution in [0.2, 0.25) is 5.02 Å². The lowest BCUT2D eigenvalue weighted by molar-refractivity contribution is -0.274. The van der Waals surface area contributed by atoms with Crippen LogP contribution in [0.4, 0.5) is 13.2 Å². The smallest absolute Gasteiger partial charge is 0.406 e. The van der Waals surface area contributed by atoms with Crippen molar-refractivity contribution in [3.63, 3.8) is 0 Å². The van der Waals surface area contributed by atoms with E-state index in [4.69, 9.17) is 11.6 Å². The zero-order valence-electron chi connectivity index (χ0n) is 19.9. The summed E-state index contributed by atoms with van der Waals surface area (Å²) in [6, 6.07) is 11.4. The van der Waals surface area contributed by atoms with Crippen molar-refractivity contribution in [3.05, 3.63) is 91.7 Å². The van der Waals surface area contributed by atoms with Crippen molar-refractivity contribution in [2.75, 3.05) is 0 Å². The Kier molecular flexibility index (Phi) is 7.42. The summed E-state index contributed by atoms with van der Waals surface area (Å²) in [5.41, 5.74) is -0.244. The summed E-state index contributed by atoms with van der Waals surface area (Å²) in [7, 11) is 1.47. The maximum absolute atomic E-state index is 13.7. The van der Waals surface area contributed by atoms with Crippen LogP contribution < -0.4 is 16.0 Å². The fraction of sp³-hybridized carbons (Fsp3) is 0.269. The van der Waals surface area contributed by atoms with Crippen LogP contribution in [0, 0.1) is 0 Å². The third kappa shape index (κ3) is 5.40. The molecule has 0 fully saturated rings. The van der Waals surface area contributed by atoms with Crippen molar-refractivity contribution in [2.24, 2.45) is 7.05 Å². The second-order valence-electron chi connectivity index (χ2n) is 8.47. The van der Waals surface area contributed by atoms with Gasteiger partial charge >= 0.3 is 12.1 Å². The zero-order valence-corrected chi connectivity index (χ0v) is 20.7. The molecule has 0 aliphatic carbocycles. The Morgan fingerprint density at radius 3 is 2.49 bits per heavy atom. The van der Waals surface area contributed by atoms with Gasteiger partial charge in [0.05, 0.1) is 5.39 Å². The van der Waals surface area contributed by atoms with Crippen LogP contribution in [-0.4, -0.2) is 25.6 Å². The van der Waals surface area contributed by atoms with Crippen molar-refractivity contribution >= 4 is 22.6 Å². The van der Waals surface area contributed by atoms with E-state index in [1.54, 1.807) is 24.3 Å². The number of halogens is 4. The quantitative estimate of drug-likeness (QED) is 0.353. The average Bonchev–Trinajstić information content (AvgIpc) is 2.85. The molecule has 2 aromatic carbocycles. The van der Waals surface area contributed by atoms with Gasteiger partial charge in [-0.25, -0.2) is 9.78 Å². The standard InChI is InChI=1S/C26H23ClF3N3O4/c1-3-4-12-33-24(35)21-20(22(34)15-8-10-17(27)11-9-15)19(14-31-23(21)32(2)25(33)36)16-6-5-7-18(13-16)37-26(28,29)30/h5-11,13-14,22,34H,3-4,12H2,1-2H3. The number of fused-ring (bicyclic) bond motifs is 1. The van der Waals surface area contributed by atoms with Gasteiger partial charge in [0, 0.05) is 35.9 Å². The molecule has 0 bridgehead atoms. The van der Waals surface area contributed by atoms with E-state index < -0.39 is 29.5 Å². The number of pyridine rings is 1. The predicted molar refractivity (Wildman–Crippen MR) is 134 cm³/mol. The van der Waals surface area contributed by atoms with Crippen molar-refractivity contribution < 1.29 is 23.0 Å². The second-order valence-corrected chi connectivity index (χ2v) is 8.90. The number of aromatic nitrogens is 3. The molecule has 0 saturated carbocycles. The number of hydrogen-bond donors (Lipinski definition) is 1. The minimum Gasteiger partial charge on any atom is -0.406 e. The average molecular weight is 534 g/mol. The molecule has 4 aromatic rings. The highest BCUT2D eigenvalue weighted by Gasteiger charge is 2.31. The minimum atomic E-state index is -4.91. The highest BCUT2D eigenvalue weighted by Crippen LogP contribution is 2.37. The van der Waals surface area contributed by atoms with E-state index >= 15 is 0 Å². The monoisotopic (exact) mass is 533 g/mol. The molecule has 0 radical (unpaired) electrons. The molecule has 7 nitrogen and oxygen atoms in total. The molecule has 2 heterocycles. The lowest BCUT2D eigenvalue weighted by Gasteiger charge is -2.20. The van der Waals surface area contributed by atoms with Crippen LogP contribution in [0.15, 0.2) is 64.3 Å². The summed E-state index contributed by atoms with van der Waals surface area (Å²) < 4.78 is 45.0. The topological polar surface area (TPSA) is 86.3 Å². The highest BCUT2D eigenvalue weighted by molar-refractivity contribution is 6.30. The maximum atomic E-state index is 13.7. The zero-order chi connectivity index (χ0) is 26.9. The maximum Gasteiger partial charge on any atom is 0.573 e. The van der Waals surface area contributed by atoms with Crippen LogP contribution in [-0.2, 0) is 13.6 Å². The van der Waals surface area contributed by atoms with Crippen molar-refractivity contribution in [1.29, 1.82) is 0 Å². The van der Waals surface area contributed by atoms with Crippen molar-refractivity contribution in [3.8, 4) is 16.9 Å². The van der Waals surface area contributed by atoms with Gasteiger partial charge in [-0.1, -0.05) is 49.2 Å². The third-order valence-electron chi connectivity index (χ3n) is 5.97. The molecular formula is C26H23ClF3N3O4. The molecule has 4 rings (SSSR count). The van der Waals surface area contributed by atoms with Crippen LogP contribution in [0.3, 0.4) is 0 Å². The van der Waals surface area contributed by atoms with Gasteiger partial charge in [-0.15, -0.1) is 13.2 Å². The molecule has 11 heteroatoms. The first kappa shape index (κ1) is 26.4. The number of benzene rings is 2. The van der Waals surface area contributed by atoms with E-state index in [1.807, 2.05) is 6.92 Å². The largest absolute Gasteiger partial charge is 0.573 e. The van der Waals surface area contributed by atoms with Gasteiger partial charge in [-0.05, 0) is 41.8 Å². The van der Waals surface area contributed by atoms with Gasteiger partial charge in [0.1, 0.15) is 17.5 Å². The van der Waals surface area contributed by atoms with Crippen LogP contribution >= 0.6 is 11.6 Å². The number of rotatable bonds is 7. The summed E-state index contributed by atoms with van der Waals surface area (Å²) in [4.78, 5) is 30.9. The SMILES string of the molecule is CCCCn1c(=O)c2c(C(O)c3ccc(Cl)cc3)c(-c3cccc(OC(F)(F)F)c3)cnc2n(C)c1=O. The van der Waals surface area contributed by atoms with Gasteiger partial charge < -0.3 is 9.84 Å². The molecule has 0 spiro atoms. The van der Waals surface area contributed by atoms with E-state index in [-0.39, 0.29) is 34.3 Å². The lowest BCUT2D eigenvalue weighted by Crippen LogP contribution is -2.40. The summed E-state index contributed by atoms with van der Waals surface area (Å²) in [5, 5.41) is 11.9. The third-order valence-corrected chi connectivity index (χ3v) is 6.22. The molecule has 1 unspecified atom stereocenters. The summed E-state index contributed by atoms with van der Waals surface area (Å²) in [5.74, 6) is -0.474. The molecular weight excluding hydrogens is 511 g/mol. The first-order chi connectivity index (χ1) is 17.5. The minimum absolute atomic E-state index is 0.0136. The number of hydrogen-bond acceptors (Lipinski definition) is 5. The molecule has 1 atom stereocenters. The molecule has 1 N–H and O–H groups in total. The normalized spacial score (nSPS) is 12.6. The summed E-state index contributed by atoms with van der Waals surface area (Å²) >= 11 is 6.00. The number of aryl methyl sites for hydroxylation is 1. The number of nitrogens with zero attached hydrogens (tertiary/aromatic N) is 3. The molecule has 194 valence electrons. The molecule has 0 amide bonds. The molecule has 0 aliphatic rings. The lowest BCUT2D eigenvalue weighted by atomic mass is 9.91. The summed E-state index contributed by atoms with van der Waals surface area (Å²) in [6.45, 7) is 2.08. The Morgan fingerprint density at radius 2 is 1.84 bits per heavy atom. The second kappa shape index (κ2) is 10.4. The Bertz CT molecular complexity index is 1560. The van der Waals surface area contributed by atoms with Gasteiger partial charge in [0.25, 0.3) is 5.56 Å². The van der Waals surface area contributed by atoms with Crippen LogP contribution in [0.1, 0.15) is 37.0 Å². The molecule has 2 aromatic heterocycles. The van der Waals surface area contributed by atoms with Gasteiger partial charge in [-0.3, -0.25) is 13.9 Å². The van der Waals surface area contributed by atoms with E-state index in [0.29, 0.717) is 17.0 Å². The highest BCUT2D eigenvalue weighted by atomic mass is 35.5. The van der Waals surface area contributed by atoms with Crippen molar-refractivity contribution in [2.45, 2.75) is 38.8 Å². The van der Waals surface area contributed by atoms with E-state index in [0.717, 1.165) is 23.1 Å². The fourth-order valence-corrected chi connectivity index (χ4v) is 4.30. The first-order valence-corrected chi connectivity index (χ1v) is 11.8. The van der Waals surface area contributed by atoms with Crippen LogP contribution in [0.25, 0.3) is 22.2 Å². The van der Waals surface area contributed by atoms with E-state index in [2.05, 4.69) is 9.72 Å². The Labute approximate surface area is 214 Å². The Morgan fingerprint density at radius 1 is 1.14 bits per heavy atom. The van der Waals surface area contributed by atoms with Gasteiger partial charge in [0.2, 0.25) is 0 Å². The number of unbranched alkanes of at least 4 members (excludes halogenated alkanes) is 1. The van der Waals surface area contributed by atoms with Gasteiger partial charge in [-0.2, -0.15) is 0 Å². The van der Waals surface area contributed by atoms with E-state index in [9.17, 15) is 27.9 Å².